The minimum Gasteiger partial charge on any atom is -0.497 e. The van der Waals surface area contributed by atoms with Crippen LogP contribution in [0, 0.1) is 0 Å². The first-order valence-corrected chi connectivity index (χ1v) is 9.97. The van der Waals surface area contributed by atoms with Gasteiger partial charge in [-0.15, -0.1) is 0 Å². The molecule has 1 aromatic heterocycles. The lowest BCUT2D eigenvalue weighted by Gasteiger charge is -2.22. The monoisotopic (exact) mass is 429 g/mol. The number of fused-ring (bicyclic) bond motifs is 1. The van der Waals surface area contributed by atoms with Crippen molar-refractivity contribution < 1.29 is 19.0 Å². The number of aromatic nitrogens is 2. The smallest absolute Gasteiger partial charge is 0.230 e. The fourth-order valence-corrected chi connectivity index (χ4v) is 3.47. The Kier molecular flexibility index (Phi) is 5.89. The third kappa shape index (κ3) is 3.92. The van der Waals surface area contributed by atoms with E-state index >= 15 is 0 Å². The summed E-state index contributed by atoms with van der Waals surface area (Å²) in [5.41, 5.74) is 1.96. The summed E-state index contributed by atoms with van der Waals surface area (Å²) in [5.74, 6) is 2.26. The molecule has 0 atom stereocenters. The normalized spacial score (nSPS) is 10.6. The SMILES string of the molecule is COc1cccc(C(=O)c2nc(N(C)c3ccc(OC)c(OC)c3)c3ccccc3n2)c1. The third-order valence-electron chi connectivity index (χ3n) is 5.19. The topological polar surface area (TPSA) is 73.8 Å². The minimum absolute atomic E-state index is 0.110. The van der Waals surface area contributed by atoms with E-state index in [4.69, 9.17) is 14.2 Å². The van der Waals surface area contributed by atoms with Gasteiger partial charge in [-0.05, 0) is 36.4 Å². The molecule has 4 rings (SSSR count). The van der Waals surface area contributed by atoms with Crippen LogP contribution < -0.4 is 19.1 Å². The number of anilines is 2. The van der Waals surface area contributed by atoms with E-state index in [-0.39, 0.29) is 11.6 Å². The van der Waals surface area contributed by atoms with Gasteiger partial charge in [-0.1, -0.05) is 24.3 Å². The van der Waals surface area contributed by atoms with Crippen LogP contribution in [0.3, 0.4) is 0 Å². The molecule has 0 bridgehead atoms. The zero-order valence-electron chi connectivity index (χ0n) is 18.3. The zero-order valence-corrected chi connectivity index (χ0v) is 18.3. The van der Waals surface area contributed by atoms with E-state index in [1.165, 1.54) is 0 Å². The van der Waals surface area contributed by atoms with Crippen LogP contribution in [0.4, 0.5) is 11.5 Å². The molecule has 32 heavy (non-hydrogen) atoms. The molecule has 0 unspecified atom stereocenters. The van der Waals surface area contributed by atoms with Crippen molar-refractivity contribution in [2.24, 2.45) is 0 Å². The fourth-order valence-electron chi connectivity index (χ4n) is 3.47. The molecule has 0 N–H and O–H groups in total. The molecule has 162 valence electrons. The number of para-hydroxylation sites is 1. The van der Waals surface area contributed by atoms with Gasteiger partial charge in [-0.25, -0.2) is 9.97 Å². The van der Waals surface area contributed by atoms with Gasteiger partial charge in [0.2, 0.25) is 11.6 Å². The Morgan fingerprint density at radius 3 is 2.34 bits per heavy atom. The summed E-state index contributed by atoms with van der Waals surface area (Å²) >= 11 is 0. The third-order valence-corrected chi connectivity index (χ3v) is 5.19. The van der Waals surface area contributed by atoms with Gasteiger partial charge in [-0.2, -0.15) is 0 Å². The molecule has 0 aliphatic carbocycles. The molecule has 0 fully saturated rings. The second-order valence-corrected chi connectivity index (χ2v) is 7.05. The first-order valence-electron chi connectivity index (χ1n) is 9.97. The quantitative estimate of drug-likeness (QED) is 0.396. The molecule has 0 saturated carbocycles. The van der Waals surface area contributed by atoms with Gasteiger partial charge in [0.1, 0.15) is 11.6 Å². The molecule has 7 nitrogen and oxygen atoms in total. The summed E-state index contributed by atoms with van der Waals surface area (Å²) in [7, 11) is 6.63. The Hall–Kier alpha value is -4.13. The van der Waals surface area contributed by atoms with Crippen LogP contribution in [0.1, 0.15) is 16.2 Å². The summed E-state index contributed by atoms with van der Waals surface area (Å²) in [4.78, 5) is 24.3. The highest BCUT2D eigenvalue weighted by Crippen LogP contribution is 2.35. The Balaban J connectivity index is 1.83. The average Bonchev–Trinajstić information content (AvgIpc) is 2.86. The first kappa shape index (κ1) is 21.1. The lowest BCUT2D eigenvalue weighted by Crippen LogP contribution is -2.16. The number of hydrogen-bond acceptors (Lipinski definition) is 7. The Morgan fingerprint density at radius 2 is 1.59 bits per heavy atom. The average molecular weight is 429 g/mol. The molecule has 0 aliphatic heterocycles. The molecule has 0 aliphatic rings. The fraction of sp³-hybridized carbons (Fsp3) is 0.160. The minimum atomic E-state index is -0.281. The van der Waals surface area contributed by atoms with Crippen LogP contribution in [0.5, 0.6) is 17.2 Å². The Labute approximate surface area is 186 Å². The van der Waals surface area contributed by atoms with Gasteiger partial charge < -0.3 is 19.1 Å². The maximum absolute atomic E-state index is 13.2. The molecule has 0 amide bonds. The van der Waals surface area contributed by atoms with E-state index in [9.17, 15) is 4.79 Å². The van der Waals surface area contributed by atoms with Gasteiger partial charge in [0.15, 0.2) is 11.5 Å². The van der Waals surface area contributed by atoms with Crippen molar-refractivity contribution >= 4 is 28.2 Å². The van der Waals surface area contributed by atoms with Crippen molar-refractivity contribution in [1.82, 2.24) is 9.97 Å². The number of rotatable bonds is 7. The number of methoxy groups -OCH3 is 3. The van der Waals surface area contributed by atoms with E-state index in [0.29, 0.717) is 34.1 Å². The lowest BCUT2D eigenvalue weighted by molar-refractivity contribution is 0.102. The predicted molar refractivity (Wildman–Crippen MR) is 124 cm³/mol. The van der Waals surface area contributed by atoms with Crippen LogP contribution in [0.15, 0.2) is 66.7 Å². The summed E-state index contributed by atoms with van der Waals surface area (Å²) < 4.78 is 16.0. The molecule has 4 aromatic rings. The lowest BCUT2D eigenvalue weighted by atomic mass is 10.1. The molecular weight excluding hydrogens is 406 g/mol. The van der Waals surface area contributed by atoms with Crippen LogP contribution in [0.25, 0.3) is 10.9 Å². The molecule has 7 heteroatoms. The van der Waals surface area contributed by atoms with E-state index in [1.54, 1.807) is 45.6 Å². The number of carbonyl (C=O) groups excluding carboxylic acids is 1. The van der Waals surface area contributed by atoms with Crippen molar-refractivity contribution in [3.8, 4) is 17.2 Å². The van der Waals surface area contributed by atoms with Crippen LogP contribution in [-0.2, 0) is 0 Å². The molecule has 1 heterocycles. The second-order valence-electron chi connectivity index (χ2n) is 7.05. The summed E-state index contributed by atoms with van der Waals surface area (Å²) in [6.45, 7) is 0. The van der Waals surface area contributed by atoms with Gasteiger partial charge in [-0.3, -0.25) is 4.79 Å². The maximum Gasteiger partial charge on any atom is 0.230 e. The number of carbonyl (C=O) groups is 1. The number of hydrogen-bond donors (Lipinski definition) is 0. The molecule has 0 saturated heterocycles. The molecular formula is C25H23N3O4. The van der Waals surface area contributed by atoms with Crippen LogP contribution in [-0.4, -0.2) is 44.1 Å². The van der Waals surface area contributed by atoms with E-state index in [1.807, 2.05) is 54.4 Å². The molecule has 3 aromatic carbocycles. The predicted octanol–water partition coefficient (Wildman–Crippen LogP) is 4.65. The highest BCUT2D eigenvalue weighted by Gasteiger charge is 2.19. The van der Waals surface area contributed by atoms with Crippen LogP contribution in [0.2, 0.25) is 0 Å². The van der Waals surface area contributed by atoms with Gasteiger partial charge >= 0.3 is 0 Å². The highest BCUT2D eigenvalue weighted by molar-refractivity contribution is 6.08. The molecule has 0 radical (unpaired) electrons. The highest BCUT2D eigenvalue weighted by atomic mass is 16.5. The molecule has 0 spiro atoms. The number of ketones is 1. The Morgan fingerprint density at radius 1 is 0.812 bits per heavy atom. The van der Waals surface area contributed by atoms with Crippen molar-refractivity contribution in [3.63, 3.8) is 0 Å². The first-order chi connectivity index (χ1) is 15.5. The van der Waals surface area contributed by atoms with Gasteiger partial charge in [0.05, 0.1) is 26.8 Å². The van der Waals surface area contributed by atoms with E-state index in [0.717, 1.165) is 11.1 Å². The second kappa shape index (κ2) is 8.93. The van der Waals surface area contributed by atoms with Crippen molar-refractivity contribution in [2.75, 3.05) is 33.3 Å². The standard InChI is InChI=1S/C25H23N3O4/c1-28(17-12-13-21(31-3)22(15-17)32-4)25-19-10-5-6-11-20(19)26-24(27-25)23(29)16-8-7-9-18(14-16)30-2/h5-15H,1-4H3. The number of nitrogens with zero attached hydrogens (tertiary/aromatic N) is 3. The number of benzene rings is 3. The van der Waals surface area contributed by atoms with Crippen molar-refractivity contribution in [3.05, 3.63) is 78.1 Å². The largest absolute Gasteiger partial charge is 0.497 e. The summed E-state index contributed by atoms with van der Waals surface area (Å²) in [6.07, 6.45) is 0. The Bertz CT molecular complexity index is 1290. The number of ether oxygens (including phenoxy) is 3. The van der Waals surface area contributed by atoms with Crippen molar-refractivity contribution in [1.29, 1.82) is 0 Å². The van der Waals surface area contributed by atoms with Gasteiger partial charge in [0.25, 0.3) is 0 Å². The zero-order chi connectivity index (χ0) is 22.7. The van der Waals surface area contributed by atoms with E-state index in [2.05, 4.69) is 9.97 Å². The van der Waals surface area contributed by atoms with E-state index < -0.39 is 0 Å². The summed E-state index contributed by atoms with van der Waals surface area (Å²) in [6, 6.07) is 20.2. The van der Waals surface area contributed by atoms with Crippen LogP contribution >= 0.6 is 0 Å². The van der Waals surface area contributed by atoms with Crippen molar-refractivity contribution in [2.45, 2.75) is 0 Å². The summed E-state index contributed by atoms with van der Waals surface area (Å²) in [5, 5.41) is 0.826. The maximum atomic E-state index is 13.2. The van der Waals surface area contributed by atoms with Gasteiger partial charge in [0, 0.05) is 29.8 Å².